The van der Waals surface area contributed by atoms with Gasteiger partial charge in [-0.15, -0.1) is 0 Å². The van der Waals surface area contributed by atoms with Crippen molar-refractivity contribution in [2.45, 2.75) is 155 Å². The maximum Gasteiger partial charge on any atom is 0.0693 e. The van der Waals surface area contributed by atoms with Crippen molar-refractivity contribution in [2.75, 3.05) is 6.54 Å². The summed E-state index contributed by atoms with van der Waals surface area (Å²) >= 11 is 0. The summed E-state index contributed by atoms with van der Waals surface area (Å²) in [5.41, 5.74) is 0. The second kappa shape index (κ2) is 17.6. The van der Waals surface area contributed by atoms with E-state index in [9.17, 15) is 0 Å². The van der Waals surface area contributed by atoms with E-state index >= 15 is 0 Å². The third-order valence-electron chi connectivity index (χ3n) is 9.78. The number of rotatable bonds is 11. The summed E-state index contributed by atoms with van der Waals surface area (Å²) in [6.45, 7) is 8.02. The lowest BCUT2D eigenvalue weighted by Gasteiger charge is -2.32. The summed E-state index contributed by atoms with van der Waals surface area (Å²) in [6.07, 6.45) is 27.7. The van der Waals surface area contributed by atoms with Gasteiger partial charge in [-0.3, -0.25) is 0 Å². The zero-order valence-corrected chi connectivity index (χ0v) is 24.4. The molecule has 1 aliphatic heterocycles. The molecule has 2 aliphatic carbocycles. The molecule has 0 aromatic heterocycles. The Bertz CT molecular complexity index is 686. The number of hydrogen-bond acceptors (Lipinski definition) is 1. The lowest BCUT2D eigenvalue weighted by Crippen LogP contribution is -2.42. The fourth-order valence-electron chi connectivity index (χ4n) is 7.07. The SMILES string of the molecule is CCCCCCC1CCC(C#CC2CC(CC)C(C#CC3CCC(CCCCCC)CC3)CN2)CC1. The Morgan fingerprint density at radius 1 is 0.583 bits per heavy atom. The predicted molar refractivity (Wildman–Crippen MR) is 158 cm³/mol. The van der Waals surface area contributed by atoms with Crippen molar-refractivity contribution in [2.24, 2.45) is 35.5 Å². The first-order chi connectivity index (χ1) is 17.7. The summed E-state index contributed by atoms with van der Waals surface area (Å²) in [4.78, 5) is 0. The number of hydrogen-bond donors (Lipinski definition) is 1. The molecule has 3 unspecified atom stereocenters. The smallest absolute Gasteiger partial charge is 0.0693 e. The fourth-order valence-corrected chi connectivity index (χ4v) is 7.07. The highest BCUT2D eigenvalue weighted by molar-refractivity contribution is 5.17. The zero-order chi connectivity index (χ0) is 25.4. The van der Waals surface area contributed by atoms with Gasteiger partial charge in [0.1, 0.15) is 0 Å². The van der Waals surface area contributed by atoms with E-state index in [1.165, 1.54) is 128 Å². The highest BCUT2D eigenvalue weighted by Gasteiger charge is 2.28. The normalized spacial score (nSPS) is 32.7. The molecule has 0 amide bonds. The molecular formula is C35H59N. The van der Waals surface area contributed by atoms with Crippen LogP contribution in [0.3, 0.4) is 0 Å². The van der Waals surface area contributed by atoms with Crippen LogP contribution in [0.1, 0.15) is 149 Å². The van der Waals surface area contributed by atoms with E-state index in [1.54, 1.807) is 0 Å². The molecule has 1 saturated heterocycles. The Labute approximate surface area is 226 Å². The Kier molecular flexibility index (Phi) is 14.5. The van der Waals surface area contributed by atoms with Gasteiger partial charge in [-0.1, -0.05) is 115 Å². The van der Waals surface area contributed by atoms with Crippen LogP contribution in [-0.4, -0.2) is 12.6 Å². The summed E-state index contributed by atoms with van der Waals surface area (Å²) in [6, 6.07) is 0.392. The lowest BCUT2D eigenvalue weighted by molar-refractivity contribution is 0.271. The van der Waals surface area contributed by atoms with E-state index in [1.807, 2.05) is 0 Å². The van der Waals surface area contributed by atoms with Gasteiger partial charge in [-0.25, -0.2) is 0 Å². The number of nitrogens with one attached hydrogen (secondary N) is 1. The highest BCUT2D eigenvalue weighted by atomic mass is 14.9. The van der Waals surface area contributed by atoms with Crippen molar-refractivity contribution in [3.8, 4) is 23.7 Å². The second-order valence-corrected chi connectivity index (χ2v) is 12.7. The lowest BCUT2D eigenvalue weighted by atomic mass is 9.78. The quantitative estimate of drug-likeness (QED) is 0.223. The van der Waals surface area contributed by atoms with Gasteiger partial charge in [0.2, 0.25) is 0 Å². The van der Waals surface area contributed by atoms with Crippen LogP contribution in [0.2, 0.25) is 0 Å². The first-order valence-electron chi connectivity index (χ1n) is 16.5. The Morgan fingerprint density at radius 2 is 1.11 bits per heavy atom. The molecule has 1 nitrogen and oxygen atoms in total. The molecular weight excluding hydrogens is 434 g/mol. The monoisotopic (exact) mass is 493 g/mol. The molecule has 0 aromatic carbocycles. The van der Waals surface area contributed by atoms with Crippen LogP contribution in [0, 0.1) is 59.2 Å². The zero-order valence-electron chi connectivity index (χ0n) is 24.4. The maximum atomic E-state index is 3.77. The highest BCUT2D eigenvalue weighted by Crippen LogP contribution is 2.33. The average Bonchev–Trinajstić information content (AvgIpc) is 2.92. The fraction of sp³-hybridized carbons (Fsp3) is 0.886. The van der Waals surface area contributed by atoms with Crippen LogP contribution >= 0.6 is 0 Å². The van der Waals surface area contributed by atoms with E-state index in [0.717, 1.165) is 18.4 Å². The van der Waals surface area contributed by atoms with Gasteiger partial charge < -0.3 is 5.32 Å². The van der Waals surface area contributed by atoms with Gasteiger partial charge in [0.15, 0.2) is 0 Å². The average molecular weight is 494 g/mol. The van der Waals surface area contributed by atoms with E-state index in [4.69, 9.17) is 0 Å². The topological polar surface area (TPSA) is 12.0 Å². The Morgan fingerprint density at radius 3 is 1.61 bits per heavy atom. The third-order valence-corrected chi connectivity index (χ3v) is 9.78. The number of piperidine rings is 1. The van der Waals surface area contributed by atoms with Gasteiger partial charge in [-0.2, -0.15) is 0 Å². The predicted octanol–water partition coefficient (Wildman–Crippen LogP) is 9.55. The molecule has 2 saturated carbocycles. The van der Waals surface area contributed by atoms with Crippen LogP contribution in [0.5, 0.6) is 0 Å². The van der Waals surface area contributed by atoms with Gasteiger partial charge in [0, 0.05) is 24.3 Å². The van der Waals surface area contributed by atoms with Crippen LogP contribution in [0.25, 0.3) is 0 Å². The van der Waals surface area contributed by atoms with Gasteiger partial charge in [-0.05, 0) is 75.5 Å². The van der Waals surface area contributed by atoms with E-state index in [-0.39, 0.29) is 0 Å². The van der Waals surface area contributed by atoms with Crippen LogP contribution in [0.4, 0.5) is 0 Å². The molecule has 3 atom stereocenters. The van der Waals surface area contributed by atoms with Gasteiger partial charge >= 0.3 is 0 Å². The molecule has 204 valence electrons. The molecule has 0 bridgehead atoms. The van der Waals surface area contributed by atoms with Gasteiger partial charge in [0.25, 0.3) is 0 Å². The molecule has 0 spiro atoms. The molecule has 0 aromatic rings. The van der Waals surface area contributed by atoms with E-state index in [2.05, 4.69) is 49.8 Å². The molecule has 3 rings (SSSR count). The van der Waals surface area contributed by atoms with Crippen molar-refractivity contribution in [1.29, 1.82) is 0 Å². The molecule has 36 heavy (non-hydrogen) atoms. The summed E-state index contributed by atoms with van der Waals surface area (Å²) in [5, 5.41) is 3.77. The molecule has 3 aliphatic rings. The number of unbranched alkanes of at least 4 members (excludes halogenated alkanes) is 6. The minimum atomic E-state index is 0.392. The molecule has 0 radical (unpaired) electrons. The van der Waals surface area contributed by atoms with Crippen molar-refractivity contribution in [3.63, 3.8) is 0 Å². The van der Waals surface area contributed by atoms with Crippen LogP contribution in [0.15, 0.2) is 0 Å². The van der Waals surface area contributed by atoms with Crippen molar-refractivity contribution < 1.29 is 0 Å². The maximum absolute atomic E-state index is 3.77. The van der Waals surface area contributed by atoms with Crippen molar-refractivity contribution in [3.05, 3.63) is 0 Å². The molecule has 1 heteroatoms. The van der Waals surface area contributed by atoms with Crippen LogP contribution in [-0.2, 0) is 0 Å². The minimum absolute atomic E-state index is 0.392. The Hall–Kier alpha value is -0.920. The Balaban J connectivity index is 1.35. The van der Waals surface area contributed by atoms with Crippen LogP contribution < -0.4 is 5.32 Å². The first kappa shape index (κ1) is 29.6. The third kappa shape index (κ3) is 10.8. The first-order valence-corrected chi connectivity index (χ1v) is 16.5. The van der Waals surface area contributed by atoms with Crippen molar-refractivity contribution in [1.82, 2.24) is 5.32 Å². The van der Waals surface area contributed by atoms with E-state index in [0.29, 0.717) is 29.7 Å². The van der Waals surface area contributed by atoms with E-state index < -0.39 is 0 Å². The molecule has 1 N–H and O–H groups in total. The molecule has 3 fully saturated rings. The molecule has 1 heterocycles. The standard InChI is InChI=1S/C35H59N/c1-4-7-9-11-13-29-15-19-31(20-16-29)23-25-34-28-36-35(27-33(34)6-3)26-24-32-21-17-30(18-22-32)14-12-10-8-5-2/h29-36H,4-22,27-28H2,1-3H3. The minimum Gasteiger partial charge on any atom is -0.302 e. The summed E-state index contributed by atoms with van der Waals surface area (Å²) < 4.78 is 0. The van der Waals surface area contributed by atoms with Gasteiger partial charge in [0.05, 0.1) is 6.04 Å². The summed E-state index contributed by atoms with van der Waals surface area (Å²) in [5.74, 6) is 19.4. The summed E-state index contributed by atoms with van der Waals surface area (Å²) in [7, 11) is 0. The largest absolute Gasteiger partial charge is 0.302 e. The second-order valence-electron chi connectivity index (χ2n) is 12.7. The van der Waals surface area contributed by atoms with Crippen molar-refractivity contribution >= 4 is 0 Å².